The van der Waals surface area contributed by atoms with Crippen molar-refractivity contribution in [3.63, 3.8) is 0 Å². The van der Waals surface area contributed by atoms with Gasteiger partial charge in [0.1, 0.15) is 5.82 Å². The first kappa shape index (κ1) is 15.5. The average molecular weight is 363 g/mol. The van der Waals surface area contributed by atoms with E-state index >= 15 is 0 Å². The largest absolute Gasteiger partial charge is 0.383 e. The number of fused-ring (bicyclic) bond motifs is 4. The first-order valence-electron chi connectivity index (χ1n) is 7.82. The topological polar surface area (TPSA) is 71.2 Å². The van der Waals surface area contributed by atoms with E-state index in [9.17, 15) is 4.79 Å². The number of amides is 2. The van der Waals surface area contributed by atoms with Gasteiger partial charge in [0.05, 0.1) is 16.1 Å². The number of aromatic nitrogens is 1. The molecule has 2 aromatic rings. The predicted octanol–water partition coefficient (Wildman–Crippen LogP) is 4.26. The lowest BCUT2D eigenvalue weighted by Gasteiger charge is -2.36. The maximum atomic E-state index is 12.8. The minimum atomic E-state index is -0.144. The number of nitrogen functional groups attached to an aromatic ring is 1. The van der Waals surface area contributed by atoms with Crippen molar-refractivity contribution in [1.82, 2.24) is 9.88 Å². The second-order valence-electron chi connectivity index (χ2n) is 6.19. The number of hydrogen-bond acceptors (Lipinski definition) is 3. The van der Waals surface area contributed by atoms with Gasteiger partial charge in [-0.3, -0.25) is 0 Å². The summed E-state index contributed by atoms with van der Waals surface area (Å²) in [6.07, 6.45) is 4.42. The Labute approximate surface area is 149 Å². The van der Waals surface area contributed by atoms with Crippen molar-refractivity contribution >= 4 is 40.7 Å². The zero-order valence-corrected chi connectivity index (χ0v) is 14.3. The number of pyridine rings is 1. The highest BCUT2D eigenvalue weighted by Gasteiger charge is 2.43. The number of rotatable bonds is 1. The van der Waals surface area contributed by atoms with Crippen LogP contribution in [0.5, 0.6) is 0 Å². The number of nitrogens with zero attached hydrogens (tertiary/aromatic N) is 2. The van der Waals surface area contributed by atoms with Crippen molar-refractivity contribution in [3.8, 4) is 0 Å². The number of benzene rings is 1. The van der Waals surface area contributed by atoms with Crippen molar-refractivity contribution in [2.45, 2.75) is 31.3 Å². The molecule has 1 aromatic heterocycles. The van der Waals surface area contributed by atoms with Gasteiger partial charge in [0.2, 0.25) is 0 Å². The van der Waals surface area contributed by atoms with E-state index in [0.29, 0.717) is 21.6 Å². The van der Waals surface area contributed by atoms with Gasteiger partial charge in [-0.25, -0.2) is 9.78 Å². The van der Waals surface area contributed by atoms with E-state index in [1.807, 2.05) is 11.0 Å². The van der Waals surface area contributed by atoms with Crippen LogP contribution in [0.1, 0.15) is 30.0 Å². The SMILES string of the molecule is Nc1nccc2c1C1CCC(C2)N1C(=O)Nc1ccc(Cl)c(Cl)c1. The molecule has 24 heavy (non-hydrogen) atoms. The molecule has 0 spiro atoms. The molecule has 1 fully saturated rings. The molecule has 2 aliphatic heterocycles. The minimum Gasteiger partial charge on any atom is -0.383 e. The van der Waals surface area contributed by atoms with E-state index in [-0.39, 0.29) is 18.1 Å². The fourth-order valence-electron chi connectivity index (χ4n) is 3.78. The molecule has 0 saturated carbocycles. The summed E-state index contributed by atoms with van der Waals surface area (Å²) in [6.45, 7) is 0. The molecule has 2 unspecified atom stereocenters. The van der Waals surface area contributed by atoms with Crippen molar-refractivity contribution in [3.05, 3.63) is 51.6 Å². The van der Waals surface area contributed by atoms with Crippen molar-refractivity contribution in [2.24, 2.45) is 0 Å². The van der Waals surface area contributed by atoms with Gasteiger partial charge in [-0.15, -0.1) is 0 Å². The molecular formula is C17H16Cl2N4O. The Morgan fingerprint density at radius 1 is 1.25 bits per heavy atom. The first-order chi connectivity index (χ1) is 11.5. The van der Waals surface area contributed by atoms with Gasteiger partial charge in [0, 0.05) is 23.5 Å². The van der Waals surface area contributed by atoms with Crippen LogP contribution in [-0.2, 0) is 6.42 Å². The number of anilines is 2. The third-order valence-electron chi connectivity index (χ3n) is 4.81. The van der Waals surface area contributed by atoms with E-state index in [1.165, 1.54) is 5.56 Å². The number of halogens is 2. The molecule has 2 atom stereocenters. The summed E-state index contributed by atoms with van der Waals surface area (Å²) >= 11 is 11.9. The Kier molecular flexibility index (Phi) is 3.77. The Morgan fingerprint density at radius 2 is 2.08 bits per heavy atom. The van der Waals surface area contributed by atoms with Gasteiger partial charge < -0.3 is 16.0 Å². The van der Waals surface area contributed by atoms with Crippen LogP contribution in [0.4, 0.5) is 16.3 Å². The second kappa shape index (κ2) is 5.83. The Morgan fingerprint density at radius 3 is 2.88 bits per heavy atom. The standard InChI is InChI=1S/C17H16Cl2N4O/c18-12-3-1-10(8-13(12)19)22-17(24)23-11-2-4-14(23)15-9(7-11)5-6-21-16(15)20/h1,3,5-6,8,11,14H,2,4,7H2,(H2,20,21)(H,22,24). The van der Waals surface area contributed by atoms with Crippen LogP contribution in [0, 0.1) is 0 Å². The molecule has 7 heteroatoms. The Hall–Kier alpha value is -1.98. The van der Waals surface area contributed by atoms with E-state index in [0.717, 1.165) is 24.8 Å². The molecule has 3 N–H and O–H groups in total. The van der Waals surface area contributed by atoms with Crippen LogP contribution in [-0.4, -0.2) is 22.0 Å². The maximum absolute atomic E-state index is 12.8. The summed E-state index contributed by atoms with van der Waals surface area (Å²) < 4.78 is 0. The summed E-state index contributed by atoms with van der Waals surface area (Å²) in [5, 5.41) is 3.78. The molecule has 5 nitrogen and oxygen atoms in total. The highest BCUT2D eigenvalue weighted by Crippen LogP contribution is 2.45. The molecular weight excluding hydrogens is 347 g/mol. The van der Waals surface area contributed by atoms with Crippen LogP contribution in [0.15, 0.2) is 30.5 Å². The highest BCUT2D eigenvalue weighted by atomic mass is 35.5. The predicted molar refractivity (Wildman–Crippen MR) is 95.4 cm³/mol. The van der Waals surface area contributed by atoms with Gasteiger partial charge >= 0.3 is 6.03 Å². The van der Waals surface area contributed by atoms with Crippen LogP contribution < -0.4 is 11.1 Å². The van der Waals surface area contributed by atoms with Crippen LogP contribution in [0.2, 0.25) is 10.0 Å². The lowest BCUT2D eigenvalue weighted by atomic mass is 9.94. The fourth-order valence-corrected chi connectivity index (χ4v) is 4.08. The van der Waals surface area contributed by atoms with Crippen LogP contribution in [0.25, 0.3) is 0 Å². The quantitative estimate of drug-likeness (QED) is 0.795. The molecule has 0 radical (unpaired) electrons. The molecule has 2 amide bonds. The lowest BCUT2D eigenvalue weighted by molar-refractivity contribution is 0.179. The van der Waals surface area contributed by atoms with E-state index in [2.05, 4.69) is 10.3 Å². The van der Waals surface area contributed by atoms with Crippen molar-refractivity contribution < 1.29 is 4.79 Å². The molecule has 2 aliphatic rings. The molecule has 2 bridgehead atoms. The van der Waals surface area contributed by atoms with Crippen LogP contribution in [0.3, 0.4) is 0 Å². The lowest BCUT2D eigenvalue weighted by Crippen LogP contribution is -2.44. The molecule has 124 valence electrons. The van der Waals surface area contributed by atoms with Gasteiger partial charge in [-0.2, -0.15) is 0 Å². The number of urea groups is 1. The van der Waals surface area contributed by atoms with E-state index < -0.39 is 0 Å². The Bertz CT molecular complexity index is 826. The normalized spacial score (nSPS) is 21.5. The highest BCUT2D eigenvalue weighted by molar-refractivity contribution is 6.42. The van der Waals surface area contributed by atoms with Gasteiger partial charge in [0.25, 0.3) is 0 Å². The maximum Gasteiger partial charge on any atom is 0.322 e. The molecule has 1 saturated heterocycles. The fraction of sp³-hybridized carbons (Fsp3) is 0.294. The smallest absolute Gasteiger partial charge is 0.322 e. The van der Waals surface area contributed by atoms with Gasteiger partial charge in [-0.05, 0) is 49.1 Å². The molecule has 4 rings (SSSR count). The van der Waals surface area contributed by atoms with E-state index in [1.54, 1.807) is 24.4 Å². The zero-order chi connectivity index (χ0) is 16.8. The first-order valence-corrected chi connectivity index (χ1v) is 8.58. The monoisotopic (exact) mass is 362 g/mol. The van der Waals surface area contributed by atoms with Gasteiger partial charge in [-0.1, -0.05) is 23.2 Å². The molecule has 1 aromatic carbocycles. The van der Waals surface area contributed by atoms with Gasteiger partial charge in [0.15, 0.2) is 0 Å². The summed E-state index contributed by atoms with van der Waals surface area (Å²) in [5.41, 5.74) is 8.90. The number of hydrogen-bond donors (Lipinski definition) is 2. The molecule has 3 heterocycles. The van der Waals surface area contributed by atoms with E-state index in [4.69, 9.17) is 28.9 Å². The average Bonchev–Trinajstić information content (AvgIpc) is 2.85. The number of carbonyl (C=O) groups excluding carboxylic acids is 1. The summed E-state index contributed by atoms with van der Waals surface area (Å²) in [4.78, 5) is 18.9. The summed E-state index contributed by atoms with van der Waals surface area (Å²) in [5.74, 6) is 0.519. The minimum absolute atomic E-state index is 0.0183. The summed E-state index contributed by atoms with van der Waals surface area (Å²) in [6, 6.07) is 7.09. The second-order valence-corrected chi connectivity index (χ2v) is 7.00. The number of nitrogens with one attached hydrogen (secondary N) is 1. The third kappa shape index (κ3) is 2.48. The number of nitrogens with two attached hydrogens (primary N) is 1. The third-order valence-corrected chi connectivity index (χ3v) is 5.55. The van der Waals surface area contributed by atoms with Crippen molar-refractivity contribution in [2.75, 3.05) is 11.1 Å². The summed E-state index contributed by atoms with van der Waals surface area (Å²) in [7, 11) is 0. The van der Waals surface area contributed by atoms with Crippen molar-refractivity contribution in [1.29, 1.82) is 0 Å². The molecule has 0 aliphatic carbocycles. The Balaban J connectivity index is 1.62. The zero-order valence-electron chi connectivity index (χ0n) is 12.8. The number of carbonyl (C=O) groups is 1. The van der Waals surface area contributed by atoms with Crippen LogP contribution >= 0.6 is 23.2 Å².